The van der Waals surface area contributed by atoms with Crippen molar-refractivity contribution in [1.29, 1.82) is 0 Å². The SMILES string of the molecule is CC(C)C(N)c1noc(CC23CC4CC(CC(C4)C2)C3)n1. The fraction of sp³-hybridized carbons (Fsp3) is 0.882. The van der Waals surface area contributed by atoms with E-state index in [1.54, 1.807) is 0 Å². The molecule has 4 aliphatic rings. The van der Waals surface area contributed by atoms with E-state index in [-0.39, 0.29) is 6.04 Å². The Hall–Kier alpha value is -0.900. The Balaban J connectivity index is 1.51. The minimum atomic E-state index is -0.112. The average molecular weight is 289 g/mol. The van der Waals surface area contributed by atoms with Gasteiger partial charge >= 0.3 is 0 Å². The molecule has 1 atom stereocenters. The molecule has 0 saturated heterocycles. The summed E-state index contributed by atoms with van der Waals surface area (Å²) in [7, 11) is 0. The van der Waals surface area contributed by atoms with Crippen LogP contribution in [0.2, 0.25) is 0 Å². The zero-order valence-electron chi connectivity index (χ0n) is 13.2. The molecule has 4 bridgehead atoms. The van der Waals surface area contributed by atoms with Gasteiger partial charge in [0.05, 0.1) is 6.04 Å². The van der Waals surface area contributed by atoms with E-state index >= 15 is 0 Å². The zero-order chi connectivity index (χ0) is 14.6. The van der Waals surface area contributed by atoms with Crippen molar-refractivity contribution in [2.24, 2.45) is 34.8 Å². The van der Waals surface area contributed by atoms with Crippen LogP contribution >= 0.6 is 0 Å². The van der Waals surface area contributed by atoms with Gasteiger partial charge in [0.2, 0.25) is 5.89 Å². The number of nitrogens with two attached hydrogens (primary N) is 1. The lowest BCUT2D eigenvalue weighted by atomic mass is 9.49. The summed E-state index contributed by atoms with van der Waals surface area (Å²) in [4.78, 5) is 4.60. The lowest BCUT2D eigenvalue weighted by molar-refractivity contribution is -0.0556. The quantitative estimate of drug-likeness (QED) is 0.921. The maximum Gasteiger partial charge on any atom is 0.227 e. The van der Waals surface area contributed by atoms with Crippen molar-refractivity contribution < 1.29 is 4.52 Å². The van der Waals surface area contributed by atoms with E-state index in [9.17, 15) is 0 Å². The summed E-state index contributed by atoms with van der Waals surface area (Å²) < 4.78 is 5.53. The lowest BCUT2D eigenvalue weighted by Gasteiger charge is -2.56. The van der Waals surface area contributed by atoms with Crippen molar-refractivity contribution in [2.45, 2.75) is 64.8 Å². The first-order chi connectivity index (χ1) is 10.0. The molecule has 0 spiro atoms. The van der Waals surface area contributed by atoms with Gasteiger partial charge in [-0.15, -0.1) is 0 Å². The molecule has 1 aromatic heterocycles. The molecule has 116 valence electrons. The molecule has 1 heterocycles. The van der Waals surface area contributed by atoms with E-state index in [2.05, 4.69) is 24.0 Å². The van der Waals surface area contributed by atoms with Crippen LogP contribution in [0.1, 0.15) is 70.1 Å². The van der Waals surface area contributed by atoms with Crippen LogP contribution in [0.5, 0.6) is 0 Å². The Morgan fingerprint density at radius 2 is 1.71 bits per heavy atom. The third kappa shape index (κ3) is 2.41. The van der Waals surface area contributed by atoms with Crippen LogP contribution in [0, 0.1) is 29.1 Å². The summed E-state index contributed by atoms with van der Waals surface area (Å²) in [6.45, 7) is 4.19. The van der Waals surface area contributed by atoms with E-state index in [1.807, 2.05) is 0 Å². The van der Waals surface area contributed by atoms with Crippen molar-refractivity contribution >= 4 is 0 Å². The molecule has 21 heavy (non-hydrogen) atoms. The topological polar surface area (TPSA) is 64.9 Å². The monoisotopic (exact) mass is 289 g/mol. The van der Waals surface area contributed by atoms with Gasteiger partial charge in [-0.2, -0.15) is 4.98 Å². The number of hydrogen-bond acceptors (Lipinski definition) is 4. The van der Waals surface area contributed by atoms with Crippen LogP contribution in [0.25, 0.3) is 0 Å². The van der Waals surface area contributed by atoms with Crippen LogP contribution in [-0.2, 0) is 6.42 Å². The molecule has 1 aromatic rings. The van der Waals surface area contributed by atoms with Gasteiger partial charge in [-0.1, -0.05) is 19.0 Å². The second-order valence-corrected chi connectivity index (χ2v) is 8.41. The number of rotatable bonds is 4. The Morgan fingerprint density at radius 1 is 1.14 bits per heavy atom. The molecule has 0 amide bonds. The number of aromatic nitrogens is 2. The van der Waals surface area contributed by atoms with Crippen molar-refractivity contribution in [3.05, 3.63) is 11.7 Å². The Labute approximate surface area is 126 Å². The Kier molecular flexibility index (Phi) is 3.14. The second kappa shape index (κ2) is 4.80. The third-order valence-corrected chi connectivity index (χ3v) is 6.19. The molecule has 4 heteroatoms. The maximum absolute atomic E-state index is 6.13. The third-order valence-electron chi connectivity index (χ3n) is 6.19. The lowest BCUT2D eigenvalue weighted by Crippen LogP contribution is -2.47. The predicted octanol–water partition coefficient (Wildman–Crippen LogP) is 3.48. The largest absolute Gasteiger partial charge is 0.339 e. The fourth-order valence-corrected chi connectivity index (χ4v) is 5.60. The molecule has 4 nitrogen and oxygen atoms in total. The normalized spacial score (nSPS) is 39.1. The van der Waals surface area contributed by atoms with Crippen molar-refractivity contribution in [1.82, 2.24) is 10.1 Å². The molecule has 4 aliphatic carbocycles. The predicted molar refractivity (Wildman–Crippen MR) is 80.4 cm³/mol. The minimum Gasteiger partial charge on any atom is -0.339 e. The van der Waals surface area contributed by atoms with E-state index < -0.39 is 0 Å². The minimum absolute atomic E-state index is 0.112. The molecule has 2 N–H and O–H groups in total. The van der Waals surface area contributed by atoms with Gasteiger partial charge in [0, 0.05) is 6.42 Å². The van der Waals surface area contributed by atoms with Gasteiger partial charge in [-0.3, -0.25) is 0 Å². The number of hydrogen-bond donors (Lipinski definition) is 1. The van der Waals surface area contributed by atoms with Gasteiger partial charge in [0.1, 0.15) is 0 Å². The zero-order valence-corrected chi connectivity index (χ0v) is 13.2. The van der Waals surface area contributed by atoms with Crippen LogP contribution in [0.15, 0.2) is 4.52 Å². The van der Waals surface area contributed by atoms with Crippen LogP contribution in [0.4, 0.5) is 0 Å². The highest BCUT2D eigenvalue weighted by atomic mass is 16.5. The van der Waals surface area contributed by atoms with E-state index in [0.717, 1.165) is 30.1 Å². The van der Waals surface area contributed by atoms with Gasteiger partial charge < -0.3 is 10.3 Å². The molecule has 0 radical (unpaired) electrons. The Bertz CT molecular complexity index is 487. The van der Waals surface area contributed by atoms with Crippen LogP contribution in [-0.4, -0.2) is 10.1 Å². The van der Waals surface area contributed by atoms with Gasteiger partial charge in [-0.05, 0) is 67.6 Å². The van der Waals surface area contributed by atoms with Crippen molar-refractivity contribution in [3.8, 4) is 0 Å². The summed E-state index contributed by atoms with van der Waals surface area (Å²) in [5, 5.41) is 4.12. The summed E-state index contributed by atoms with van der Waals surface area (Å²) in [5.74, 6) is 4.76. The second-order valence-electron chi connectivity index (χ2n) is 8.41. The van der Waals surface area contributed by atoms with Gasteiger partial charge in [-0.25, -0.2) is 0 Å². The summed E-state index contributed by atoms with van der Waals surface area (Å²) in [5.41, 5.74) is 6.59. The fourth-order valence-electron chi connectivity index (χ4n) is 5.60. The summed E-state index contributed by atoms with van der Waals surface area (Å²) in [6.07, 6.45) is 9.56. The summed E-state index contributed by atoms with van der Waals surface area (Å²) in [6, 6.07) is -0.112. The highest BCUT2D eigenvalue weighted by Crippen LogP contribution is 2.60. The van der Waals surface area contributed by atoms with Crippen molar-refractivity contribution in [2.75, 3.05) is 0 Å². The van der Waals surface area contributed by atoms with Crippen molar-refractivity contribution in [3.63, 3.8) is 0 Å². The molecule has 0 aliphatic heterocycles. The van der Waals surface area contributed by atoms with Crippen LogP contribution < -0.4 is 5.73 Å². The number of nitrogens with zero attached hydrogens (tertiary/aromatic N) is 2. The van der Waals surface area contributed by atoms with E-state index in [4.69, 9.17) is 10.3 Å². The molecule has 5 rings (SSSR count). The van der Waals surface area contributed by atoms with Crippen LogP contribution in [0.3, 0.4) is 0 Å². The smallest absolute Gasteiger partial charge is 0.227 e. The highest BCUT2D eigenvalue weighted by molar-refractivity contribution is 5.05. The van der Waals surface area contributed by atoms with E-state index in [1.165, 1.54) is 38.5 Å². The molecular formula is C17H27N3O. The maximum atomic E-state index is 6.13. The van der Waals surface area contributed by atoms with Gasteiger partial charge in [0.15, 0.2) is 5.82 Å². The Morgan fingerprint density at radius 3 is 2.24 bits per heavy atom. The molecule has 1 unspecified atom stereocenters. The molecule has 0 aromatic carbocycles. The first-order valence-electron chi connectivity index (χ1n) is 8.61. The van der Waals surface area contributed by atoms with Gasteiger partial charge in [0.25, 0.3) is 0 Å². The highest BCUT2D eigenvalue weighted by Gasteiger charge is 2.51. The van der Waals surface area contributed by atoms with E-state index in [0.29, 0.717) is 17.2 Å². The standard InChI is InChI=1S/C17H27N3O/c1-10(2)15(18)16-19-14(21-20-16)9-17-6-11-3-12(7-17)5-13(4-11)8-17/h10-13,15H,3-9,18H2,1-2H3. The molecular weight excluding hydrogens is 262 g/mol. The molecule has 4 saturated carbocycles. The average Bonchev–Trinajstić information content (AvgIpc) is 2.83. The molecule has 4 fully saturated rings. The first kappa shape index (κ1) is 13.7. The first-order valence-corrected chi connectivity index (χ1v) is 8.61. The summed E-state index contributed by atoms with van der Waals surface area (Å²) >= 11 is 0.